The summed E-state index contributed by atoms with van der Waals surface area (Å²) in [4.78, 5) is 24.6. The molecule has 8 nitrogen and oxygen atoms in total. The smallest absolute Gasteiger partial charge is 0.416 e. The largest absolute Gasteiger partial charge is 0.461 e. The van der Waals surface area contributed by atoms with Gasteiger partial charge in [-0.1, -0.05) is 6.07 Å². The van der Waals surface area contributed by atoms with Crippen LogP contribution in [0.1, 0.15) is 35.8 Å². The summed E-state index contributed by atoms with van der Waals surface area (Å²) in [6.45, 7) is 1.80. The van der Waals surface area contributed by atoms with Gasteiger partial charge in [0, 0.05) is 25.5 Å². The molecule has 0 radical (unpaired) electrons. The van der Waals surface area contributed by atoms with E-state index in [1.165, 1.54) is 29.9 Å². The van der Waals surface area contributed by atoms with Crippen LogP contribution in [0.2, 0.25) is 0 Å². The highest BCUT2D eigenvalue weighted by molar-refractivity contribution is 7.89. The highest BCUT2D eigenvalue weighted by Crippen LogP contribution is 2.32. The van der Waals surface area contributed by atoms with Gasteiger partial charge in [0.15, 0.2) is 0 Å². The molecule has 1 amide bonds. The maximum Gasteiger partial charge on any atom is 0.416 e. The first-order chi connectivity index (χ1) is 14.9. The number of rotatable bonds is 6. The summed E-state index contributed by atoms with van der Waals surface area (Å²) in [6, 6.07) is 4.19. The van der Waals surface area contributed by atoms with Gasteiger partial charge in [-0.15, -0.1) is 0 Å². The van der Waals surface area contributed by atoms with Crippen LogP contribution in [-0.2, 0) is 32.8 Å². The predicted octanol–water partition coefficient (Wildman–Crippen LogP) is 3.01. The fourth-order valence-corrected chi connectivity index (χ4v) is 5.24. The molecule has 0 bridgehead atoms. The SMILES string of the molecule is CCOC(=O)c1cc(S(=O)(=O)N2CCCC2C(=O)Nc2cccc(C(F)(F)F)c2)cn1C. The summed E-state index contributed by atoms with van der Waals surface area (Å²) in [7, 11) is -2.65. The average Bonchev–Trinajstić information content (AvgIpc) is 3.35. The van der Waals surface area contributed by atoms with Crippen molar-refractivity contribution in [3.05, 3.63) is 47.8 Å². The fourth-order valence-electron chi connectivity index (χ4n) is 3.51. The van der Waals surface area contributed by atoms with Crippen molar-refractivity contribution in [3.63, 3.8) is 0 Å². The Morgan fingerprint density at radius 1 is 1.25 bits per heavy atom. The van der Waals surface area contributed by atoms with Crippen LogP contribution < -0.4 is 5.32 Å². The minimum absolute atomic E-state index is 0.0367. The van der Waals surface area contributed by atoms with Crippen molar-refractivity contribution in [2.24, 2.45) is 7.05 Å². The summed E-state index contributed by atoms with van der Waals surface area (Å²) in [5.74, 6) is -1.41. The van der Waals surface area contributed by atoms with E-state index in [1.54, 1.807) is 6.92 Å². The molecule has 0 spiro atoms. The number of aromatic nitrogens is 1. The second kappa shape index (κ2) is 8.94. The number of aryl methyl sites for hydroxylation is 1. The van der Waals surface area contributed by atoms with Crippen molar-refractivity contribution in [1.82, 2.24) is 8.87 Å². The normalized spacial score (nSPS) is 17.3. The molecule has 0 saturated carbocycles. The molecule has 174 valence electrons. The number of hydrogen-bond acceptors (Lipinski definition) is 5. The average molecular weight is 473 g/mol. The molecule has 1 aliphatic rings. The molecule has 1 fully saturated rings. The van der Waals surface area contributed by atoms with Crippen LogP contribution in [0.15, 0.2) is 41.4 Å². The zero-order chi connectivity index (χ0) is 23.7. The lowest BCUT2D eigenvalue weighted by Crippen LogP contribution is -2.43. The van der Waals surface area contributed by atoms with Gasteiger partial charge in [-0.25, -0.2) is 13.2 Å². The van der Waals surface area contributed by atoms with Gasteiger partial charge in [0.1, 0.15) is 16.6 Å². The number of nitrogens with one attached hydrogen (secondary N) is 1. The van der Waals surface area contributed by atoms with Crippen molar-refractivity contribution in [2.75, 3.05) is 18.5 Å². The lowest BCUT2D eigenvalue weighted by Gasteiger charge is -2.23. The number of nitrogens with zero attached hydrogens (tertiary/aromatic N) is 2. The molecule has 32 heavy (non-hydrogen) atoms. The maximum atomic E-state index is 13.2. The number of benzene rings is 1. The van der Waals surface area contributed by atoms with Gasteiger partial charge >= 0.3 is 12.1 Å². The molecular weight excluding hydrogens is 451 g/mol. The number of alkyl halides is 3. The summed E-state index contributed by atoms with van der Waals surface area (Å²) >= 11 is 0. The number of carbonyl (C=O) groups excluding carboxylic acids is 2. The van der Waals surface area contributed by atoms with Gasteiger partial charge in [-0.05, 0) is 44.0 Å². The molecule has 1 unspecified atom stereocenters. The van der Waals surface area contributed by atoms with E-state index in [0.29, 0.717) is 6.42 Å². The fraction of sp³-hybridized carbons (Fsp3) is 0.400. The van der Waals surface area contributed by atoms with Gasteiger partial charge in [0.2, 0.25) is 15.9 Å². The molecule has 1 aromatic heterocycles. The minimum atomic E-state index is -4.58. The van der Waals surface area contributed by atoms with Crippen LogP contribution in [0, 0.1) is 0 Å². The summed E-state index contributed by atoms with van der Waals surface area (Å²) in [6.07, 6.45) is -2.71. The van der Waals surface area contributed by atoms with Crippen molar-refractivity contribution in [1.29, 1.82) is 0 Å². The number of amides is 1. The Morgan fingerprint density at radius 3 is 2.62 bits per heavy atom. The maximum absolute atomic E-state index is 13.2. The number of sulfonamides is 1. The minimum Gasteiger partial charge on any atom is -0.461 e. The van der Waals surface area contributed by atoms with E-state index < -0.39 is 39.7 Å². The molecule has 2 heterocycles. The third kappa shape index (κ3) is 4.80. The van der Waals surface area contributed by atoms with Crippen LogP contribution in [0.25, 0.3) is 0 Å². The number of hydrogen-bond donors (Lipinski definition) is 1. The lowest BCUT2D eigenvalue weighted by atomic mass is 10.1. The van der Waals surface area contributed by atoms with Crippen molar-refractivity contribution >= 4 is 27.6 Å². The van der Waals surface area contributed by atoms with Gasteiger partial charge in [-0.2, -0.15) is 17.5 Å². The van der Waals surface area contributed by atoms with Crippen LogP contribution >= 0.6 is 0 Å². The van der Waals surface area contributed by atoms with Gasteiger partial charge in [0.25, 0.3) is 0 Å². The summed E-state index contributed by atoms with van der Waals surface area (Å²) < 4.78 is 72.3. The van der Waals surface area contributed by atoms with E-state index in [4.69, 9.17) is 4.74 Å². The van der Waals surface area contributed by atoms with Crippen LogP contribution in [0.5, 0.6) is 0 Å². The molecule has 1 atom stereocenters. The Labute approximate surface area is 183 Å². The summed E-state index contributed by atoms with van der Waals surface area (Å²) in [5.41, 5.74) is -0.977. The monoisotopic (exact) mass is 473 g/mol. The molecule has 12 heteroatoms. The molecule has 1 saturated heterocycles. The topological polar surface area (TPSA) is 97.7 Å². The van der Waals surface area contributed by atoms with Crippen LogP contribution in [-0.4, -0.2) is 48.4 Å². The molecular formula is C20H22F3N3O5S. The zero-order valence-corrected chi connectivity index (χ0v) is 18.2. The quantitative estimate of drug-likeness (QED) is 0.651. The molecule has 1 aliphatic heterocycles. The number of esters is 1. The second-order valence-electron chi connectivity index (χ2n) is 7.23. The van der Waals surface area contributed by atoms with E-state index in [2.05, 4.69) is 5.32 Å². The Hall–Kier alpha value is -2.86. The van der Waals surface area contributed by atoms with Gasteiger partial charge in [0.05, 0.1) is 12.2 Å². The number of anilines is 1. The molecule has 1 aromatic carbocycles. The first-order valence-corrected chi connectivity index (χ1v) is 11.2. The van der Waals surface area contributed by atoms with E-state index in [1.807, 2.05) is 0 Å². The first-order valence-electron chi connectivity index (χ1n) is 9.78. The lowest BCUT2D eigenvalue weighted by molar-refractivity contribution is -0.137. The summed E-state index contributed by atoms with van der Waals surface area (Å²) in [5, 5.41) is 2.38. The van der Waals surface area contributed by atoms with Crippen molar-refractivity contribution < 1.29 is 35.9 Å². The van der Waals surface area contributed by atoms with Gasteiger partial charge < -0.3 is 14.6 Å². The van der Waals surface area contributed by atoms with Crippen molar-refractivity contribution in [2.45, 2.75) is 36.9 Å². The number of halogens is 3. The highest BCUT2D eigenvalue weighted by Gasteiger charge is 2.40. The van der Waals surface area contributed by atoms with Crippen LogP contribution in [0.3, 0.4) is 0 Å². The second-order valence-corrected chi connectivity index (χ2v) is 9.12. The third-order valence-electron chi connectivity index (χ3n) is 5.03. The first kappa shape index (κ1) is 23.8. The van der Waals surface area contributed by atoms with Crippen molar-refractivity contribution in [3.8, 4) is 0 Å². The standard InChI is InChI=1S/C20H22F3N3O5S/c1-3-31-19(28)17-11-15(12-25(17)2)32(29,30)26-9-5-8-16(26)18(27)24-14-7-4-6-13(10-14)20(21,22)23/h4,6-7,10-12,16H,3,5,8-9H2,1-2H3,(H,24,27). The zero-order valence-electron chi connectivity index (χ0n) is 17.3. The third-order valence-corrected chi connectivity index (χ3v) is 6.91. The number of ether oxygens (including phenoxy) is 1. The van der Waals surface area contributed by atoms with E-state index in [9.17, 15) is 31.2 Å². The highest BCUT2D eigenvalue weighted by atomic mass is 32.2. The Balaban J connectivity index is 1.82. The Kier molecular flexibility index (Phi) is 6.65. The molecule has 2 aromatic rings. The Morgan fingerprint density at radius 2 is 1.97 bits per heavy atom. The predicted molar refractivity (Wildman–Crippen MR) is 108 cm³/mol. The molecule has 0 aliphatic carbocycles. The van der Waals surface area contributed by atoms with E-state index in [0.717, 1.165) is 22.5 Å². The van der Waals surface area contributed by atoms with E-state index >= 15 is 0 Å². The number of carbonyl (C=O) groups is 2. The van der Waals surface area contributed by atoms with Gasteiger partial charge in [-0.3, -0.25) is 4.79 Å². The molecule has 3 rings (SSSR count). The van der Waals surface area contributed by atoms with E-state index in [-0.39, 0.29) is 35.8 Å². The molecule has 1 N–H and O–H groups in total. The van der Waals surface area contributed by atoms with Crippen LogP contribution in [0.4, 0.5) is 18.9 Å². The Bertz CT molecular complexity index is 1130.